The molecule has 2 aromatic carbocycles. The maximum Gasteiger partial charge on any atom is 0.290 e. The van der Waals surface area contributed by atoms with E-state index >= 15 is 0 Å². The summed E-state index contributed by atoms with van der Waals surface area (Å²) in [5, 5.41) is 9.45. The normalized spacial score (nSPS) is 14.2. The Kier molecular flexibility index (Phi) is 3.00. The third kappa shape index (κ3) is 1.88. The second-order valence-electron chi connectivity index (χ2n) is 4.53. The first kappa shape index (κ1) is 13.1. The number of benzene rings is 2. The first-order chi connectivity index (χ1) is 9.49. The minimum absolute atomic E-state index is 0.280. The molecular weight excluding hydrogens is 297 g/mol. The van der Waals surface area contributed by atoms with Crippen molar-refractivity contribution in [1.82, 2.24) is 0 Å². The number of carbonyl (C=O) groups excluding carboxylic acids is 1. The van der Waals surface area contributed by atoms with E-state index < -0.39 is 5.91 Å². The van der Waals surface area contributed by atoms with Gasteiger partial charge in [-0.1, -0.05) is 40.9 Å². The predicted molar refractivity (Wildman–Crippen MR) is 81.0 cm³/mol. The van der Waals surface area contributed by atoms with Crippen molar-refractivity contribution in [2.24, 2.45) is 10.2 Å². The Labute approximate surface area is 124 Å². The summed E-state index contributed by atoms with van der Waals surface area (Å²) in [6.45, 7) is 1.96. The lowest BCUT2D eigenvalue weighted by molar-refractivity contribution is -0.113. The average Bonchev–Trinajstić information content (AvgIpc) is 2.82. The van der Waals surface area contributed by atoms with E-state index in [1.165, 1.54) is 6.08 Å². The molecule has 2 N–H and O–H groups in total. The zero-order valence-corrected chi connectivity index (χ0v) is 12.0. The summed E-state index contributed by atoms with van der Waals surface area (Å²) in [7, 11) is 0. The Morgan fingerprint density at radius 2 is 1.85 bits per heavy atom. The van der Waals surface area contributed by atoms with Gasteiger partial charge in [0.1, 0.15) is 5.70 Å². The van der Waals surface area contributed by atoms with Crippen molar-refractivity contribution >= 4 is 51.3 Å². The summed E-state index contributed by atoms with van der Waals surface area (Å²) >= 11 is 12.6. The van der Waals surface area contributed by atoms with Crippen LogP contribution in [0.4, 0.5) is 5.69 Å². The zero-order valence-electron chi connectivity index (χ0n) is 10.4. The molecule has 0 unspecified atom stereocenters. The molecule has 0 bridgehead atoms. The van der Waals surface area contributed by atoms with E-state index in [-0.39, 0.29) is 5.02 Å². The molecule has 0 spiro atoms. The third-order valence-corrected chi connectivity index (χ3v) is 4.02. The molecule has 0 aromatic heterocycles. The smallest absolute Gasteiger partial charge is 0.290 e. The second kappa shape index (κ2) is 4.58. The van der Waals surface area contributed by atoms with E-state index in [9.17, 15) is 4.79 Å². The lowest BCUT2D eigenvalue weighted by Gasteiger charge is -2.13. The topological polar surface area (TPSA) is 67.8 Å². The monoisotopic (exact) mass is 305 g/mol. The van der Waals surface area contributed by atoms with Crippen molar-refractivity contribution in [2.45, 2.75) is 6.92 Å². The third-order valence-electron chi connectivity index (χ3n) is 3.16. The van der Waals surface area contributed by atoms with Crippen molar-refractivity contribution in [3.05, 3.63) is 45.4 Å². The SMILES string of the molecule is Cc1ccc2c(N)c(C3=CC(=O)N=N3)c(Cl)c(Cl)c2c1. The highest BCUT2D eigenvalue weighted by molar-refractivity contribution is 6.47. The standard InChI is InChI=1S/C14H9Cl2N3O/c1-6-2-3-7-8(4-6)12(15)13(16)11(14(7)17)9-5-10(20)19-18-9/h2-5H,17H2,1H3. The van der Waals surface area contributed by atoms with Crippen molar-refractivity contribution in [3.63, 3.8) is 0 Å². The molecule has 0 saturated heterocycles. The van der Waals surface area contributed by atoms with Gasteiger partial charge in [-0.05, 0) is 13.0 Å². The Hall–Kier alpha value is -1.91. The summed E-state index contributed by atoms with van der Waals surface area (Å²) in [6.07, 6.45) is 1.29. The molecule has 2 aromatic rings. The second-order valence-corrected chi connectivity index (χ2v) is 5.29. The molecule has 0 atom stereocenters. The number of halogens is 2. The van der Waals surface area contributed by atoms with Crippen LogP contribution in [0.15, 0.2) is 34.5 Å². The minimum Gasteiger partial charge on any atom is -0.398 e. The fourth-order valence-electron chi connectivity index (χ4n) is 2.21. The van der Waals surface area contributed by atoms with Crippen LogP contribution in [0.5, 0.6) is 0 Å². The molecule has 1 aliphatic heterocycles. The van der Waals surface area contributed by atoms with Crippen LogP contribution in [0.1, 0.15) is 11.1 Å². The van der Waals surface area contributed by atoms with Crippen LogP contribution in [-0.2, 0) is 4.79 Å². The number of nitrogens with zero attached hydrogens (tertiary/aromatic N) is 2. The molecule has 3 rings (SSSR count). The van der Waals surface area contributed by atoms with Crippen LogP contribution in [0.2, 0.25) is 10.0 Å². The quantitative estimate of drug-likeness (QED) is 0.795. The number of fused-ring (bicyclic) bond motifs is 1. The number of rotatable bonds is 1. The lowest BCUT2D eigenvalue weighted by Crippen LogP contribution is -1.97. The Morgan fingerprint density at radius 1 is 1.10 bits per heavy atom. The average molecular weight is 306 g/mol. The maximum absolute atomic E-state index is 11.2. The van der Waals surface area contributed by atoms with Crippen LogP contribution < -0.4 is 5.73 Å². The van der Waals surface area contributed by atoms with E-state index in [4.69, 9.17) is 28.9 Å². The largest absolute Gasteiger partial charge is 0.398 e. The van der Waals surface area contributed by atoms with Gasteiger partial charge in [0, 0.05) is 22.4 Å². The number of anilines is 1. The van der Waals surface area contributed by atoms with Crippen LogP contribution >= 0.6 is 23.2 Å². The molecule has 0 aliphatic carbocycles. The van der Waals surface area contributed by atoms with E-state index in [0.717, 1.165) is 16.3 Å². The van der Waals surface area contributed by atoms with Crippen molar-refractivity contribution in [2.75, 3.05) is 5.73 Å². The number of nitrogens with two attached hydrogens (primary N) is 1. The summed E-state index contributed by atoms with van der Waals surface area (Å²) in [6, 6.07) is 5.72. The lowest BCUT2D eigenvalue weighted by atomic mass is 10.00. The molecule has 20 heavy (non-hydrogen) atoms. The fraction of sp³-hybridized carbons (Fsp3) is 0.0714. The van der Waals surface area contributed by atoms with Gasteiger partial charge in [0.15, 0.2) is 0 Å². The van der Waals surface area contributed by atoms with Crippen LogP contribution in [0, 0.1) is 6.92 Å². The molecule has 100 valence electrons. The van der Waals surface area contributed by atoms with Crippen molar-refractivity contribution in [1.29, 1.82) is 0 Å². The van der Waals surface area contributed by atoms with Crippen LogP contribution in [-0.4, -0.2) is 5.91 Å². The van der Waals surface area contributed by atoms with E-state index in [1.807, 2.05) is 25.1 Å². The predicted octanol–water partition coefficient (Wildman–Crippen LogP) is 4.37. The molecule has 1 aliphatic rings. The van der Waals surface area contributed by atoms with Gasteiger partial charge in [-0.2, -0.15) is 0 Å². The van der Waals surface area contributed by atoms with Crippen molar-refractivity contribution < 1.29 is 4.79 Å². The number of azo groups is 1. The summed E-state index contributed by atoms with van der Waals surface area (Å²) in [5.41, 5.74) is 8.44. The Bertz CT molecular complexity index is 825. The van der Waals surface area contributed by atoms with Crippen molar-refractivity contribution in [3.8, 4) is 0 Å². The van der Waals surface area contributed by atoms with Gasteiger partial charge in [0.25, 0.3) is 5.91 Å². The highest BCUT2D eigenvalue weighted by Gasteiger charge is 2.21. The van der Waals surface area contributed by atoms with Gasteiger partial charge in [0.05, 0.1) is 15.7 Å². The molecule has 0 radical (unpaired) electrons. The molecular formula is C14H9Cl2N3O. The molecule has 6 heteroatoms. The number of carbonyl (C=O) groups is 1. The number of nitrogen functional groups attached to an aromatic ring is 1. The molecule has 4 nitrogen and oxygen atoms in total. The van der Waals surface area contributed by atoms with Gasteiger partial charge in [0.2, 0.25) is 0 Å². The molecule has 1 heterocycles. The van der Waals surface area contributed by atoms with Gasteiger partial charge in [-0.3, -0.25) is 4.79 Å². The number of hydrogen-bond acceptors (Lipinski definition) is 3. The fourth-order valence-corrected chi connectivity index (χ4v) is 2.76. The van der Waals surface area contributed by atoms with Crippen LogP contribution in [0.3, 0.4) is 0 Å². The first-order valence-electron chi connectivity index (χ1n) is 5.83. The highest BCUT2D eigenvalue weighted by atomic mass is 35.5. The number of hydrogen-bond donors (Lipinski definition) is 1. The number of amides is 1. The highest BCUT2D eigenvalue weighted by Crippen LogP contribution is 2.43. The van der Waals surface area contributed by atoms with Gasteiger partial charge in [-0.15, -0.1) is 10.2 Å². The molecule has 1 amide bonds. The van der Waals surface area contributed by atoms with Gasteiger partial charge >= 0.3 is 0 Å². The summed E-state index contributed by atoms with van der Waals surface area (Å²) < 4.78 is 0. The zero-order chi connectivity index (χ0) is 14.4. The minimum atomic E-state index is -0.435. The summed E-state index contributed by atoms with van der Waals surface area (Å²) in [4.78, 5) is 11.2. The molecule has 0 fully saturated rings. The van der Waals surface area contributed by atoms with E-state index in [0.29, 0.717) is 22.0 Å². The number of aryl methyl sites for hydroxylation is 1. The van der Waals surface area contributed by atoms with E-state index in [2.05, 4.69) is 10.2 Å². The maximum atomic E-state index is 11.2. The van der Waals surface area contributed by atoms with Crippen LogP contribution in [0.25, 0.3) is 16.5 Å². The van der Waals surface area contributed by atoms with Gasteiger partial charge < -0.3 is 5.73 Å². The Balaban J connectivity index is 2.40. The Morgan fingerprint density at radius 3 is 2.50 bits per heavy atom. The summed E-state index contributed by atoms with van der Waals surface area (Å²) in [5.74, 6) is -0.435. The molecule has 0 saturated carbocycles. The first-order valence-corrected chi connectivity index (χ1v) is 6.59. The van der Waals surface area contributed by atoms with Gasteiger partial charge in [-0.25, -0.2) is 0 Å². The van der Waals surface area contributed by atoms with E-state index in [1.54, 1.807) is 0 Å².